The summed E-state index contributed by atoms with van der Waals surface area (Å²) in [6.07, 6.45) is 0.715. The van der Waals surface area contributed by atoms with E-state index in [1.165, 1.54) is 7.11 Å². The number of ether oxygens (including phenoxy) is 1. The van der Waals surface area contributed by atoms with E-state index in [9.17, 15) is 9.59 Å². The molecule has 2 atom stereocenters. The zero-order chi connectivity index (χ0) is 12.7. The Morgan fingerprint density at radius 2 is 2.00 bits per heavy atom. The Hall–Kier alpha value is -1.10. The maximum absolute atomic E-state index is 11.8. The molecule has 0 bridgehead atoms. The van der Waals surface area contributed by atoms with E-state index in [1.807, 2.05) is 6.92 Å². The zero-order valence-electron chi connectivity index (χ0n) is 10.5. The van der Waals surface area contributed by atoms with Gasteiger partial charge in [0.2, 0.25) is 5.91 Å². The predicted molar refractivity (Wildman–Crippen MR) is 61.7 cm³/mol. The van der Waals surface area contributed by atoms with Gasteiger partial charge >= 0.3 is 5.97 Å². The lowest BCUT2D eigenvalue weighted by Crippen LogP contribution is -2.40. The molecular weight excluding hydrogens is 208 g/mol. The second kappa shape index (κ2) is 7.22. The molecule has 0 aliphatic rings. The molecule has 0 spiro atoms. The van der Waals surface area contributed by atoms with Crippen LogP contribution in [0.4, 0.5) is 0 Å². The van der Waals surface area contributed by atoms with Gasteiger partial charge in [0.1, 0.15) is 0 Å². The Morgan fingerprint density at radius 1 is 1.44 bits per heavy atom. The molecule has 5 heteroatoms. The van der Waals surface area contributed by atoms with Crippen molar-refractivity contribution in [3.05, 3.63) is 0 Å². The van der Waals surface area contributed by atoms with Crippen LogP contribution < -0.4 is 5.73 Å². The Labute approximate surface area is 96.9 Å². The van der Waals surface area contributed by atoms with Gasteiger partial charge in [-0.1, -0.05) is 13.8 Å². The highest BCUT2D eigenvalue weighted by atomic mass is 16.5. The molecule has 5 nitrogen and oxygen atoms in total. The van der Waals surface area contributed by atoms with Gasteiger partial charge in [-0.15, -0.1) is 0 Å². The van der Waals surface area contributed by atoms with Crippen molar-refractivity contribution in [3.63, 3.8) is 0 Å². The molecule has 16 heavy (non-hydrogen) atoms. The first-order valence-electron chi connectivity index (χ1n) is 5.50. The lowest BCUT2D eigenvalue weighted by Gasteiger charge is -2.24. The Kier molecular flexibility index (Phi) is 6.72. The van der Waals surface area contributed by atoms with Crippen LogP contribution in [0.3, 0.4) is 0 Å². The second-order valence-electron chi connectivity index (χ2n) is 3.98. The fraction of sp³-hybridized carbons (Fsp3) is 0.818. The van der Waals surface area contributed by atoms with E-state index < -0.39 is 0 Å². The molecule has 0 saturated heterocycles. The van der Waals surface area contributed by atoms with Gasteiger partial charge in [0.25, 0.3) is 0 Å². The zero-order valence-corrected chi connectivity index (χ0v) is 10.5. The number of rotatable bonds is 6. The molecule has 0 fully saturated rings. The number of hydrogen-bond donors (Lipinski definition) is 1. The summed E-state index contributed by atoms with van der Waals surface area (Å²) in [5.74, 6) is -0.787. The average molecular weight is 230 g/mol. The smallest absolute Gasteiger partial charge is 0.310 e. The molecule has 0 radical (unpaired) electrons. The number of carbonyl (C=O) groups is 2. The highest BCUT2D eigenvalue weighted by Crippen LogP contribution is 2.08. The molecule has 2 N–H and O–H groups in total. The number of carbonyl (C=O) groups excluding carboxylic acids is 2. The minimum atomic E-state index is -0.311. The number of nitrogens with zero attached hydrogens (tertiary/aromatic N) is 1. The van der Waals surface area contributed by atoms with Crippen molar-refractivity contribution in [2.45, 2.75) is 20.3 Å². The lowest BCUT2D eigenvalue weighted by atomic mass is 10.0. The van der Waals surface area contributed by atoms with Gasteiger partial charge in [0.05, 0.1) is 18.9 Å². The van der Waals surface area contributed by atoms with Crippen LogP contribution in [0.5, 0.6) is 0 Å². The molecule has 0 saturated carbocycles. The standard InChI is InChI=1S/C11H22N2O3/c1-5-9(6-12)10(14)13(3)7-8(2)11(15)16-4/h8-9H,5-7,12H2,1-4H3. The van der Waals surface area contributed by atoms with Gasteiger partial charge < -0.3 is 15.4 Å². The first-order chi connectivity index (χ1) is 7.47. The van der Waals surface area contributed by atoms with Crippen LogP contribution >= 0.6 is 0 Å². The van der Waals surface area contributed by atoms with Crippen molar-refractivity contribution in [2.75, 3.05) is 27.2 Å². The van der Waals surface area contributed by atoms with Crippen LogP contribution in [0.1, 0.15) is 20.3 Å². The van der Waals surface area contributed by atoms with E-state index in [2.05, 4.69) is 4.74 Å². The van der Waals surface area contributed by atoms with E-state index >= 15 is 0 Å². The molecule has 2 unspecified atom stereocenters. The molecule has 0 aliphatic heterocycles. The number of methoxy groups -OCH3 is 1. The molecule has 0 aromatic carbocycles. The third kappa shape index (κ3) is 4.18. The van der Waals surface area contributed by atoms with Crippen molar-refractivity contribution < 1.29 is 14.3 Å². The fourth-order valence-electron chi connectivity index (χ4n) is 1.53. The predicted octanol–water partition coefficient (Wildman–Crippen LogP) is 0.239. The van der Waals surface area contributed by atoms with Gasteiger partial charge in [-0.25, -0.2) is 0 Å². The van der Waals surface area contributed by atoms with Gasteiger partial charge in [-0.2, -0.15) is 0 Å². The summed E-state index contributed by atoms with van der Waals surface area (Å²) in [5.41, 5.74) is 5.50. The molecule has 0 aliphatic carbocycles. The summed E-state index contributed by atoms with van der Waals surface area (Å²) in [6, 6.07) is 0. The average Bonchev–Trinajstić information content (AvgIpc) is 2.29. The molecule has 0 aromatic rings. The van der Waals surface area contributed by atoms with Crippen LogP contribution in [0, 0.1) is 11.8 Å². The Balaban J connectivity index is 4.29. The second-order valence-corrected chi connectivity index (χ2v) is 3.98. The monoisotopic (exact) mass is 230 g/mol. The largest absolute Gasteiger partial charge is 0.469 e. The fourth-order valence-corrected chi connectivity index (χ4v) is 1.53. The van der Waals surface area contributed by atoms with E-state index in [4.69, 9.17) is 5.73 Å². The van der Waals surface area contributed by atoms with Gasteiger partial charge in [0, 0.05) is 20.1 Å². The number of nitrogens with two attached hydrogens (primary N) is 1. The van der Waals surface area contributed by atoms with E-state index in [1.54, 1.807) is 18.9 Å². The highest BCUT2D eigenvalue weighted by molar-refractivity contribution is 5.80. The topological polar surface area (TPSA) is 72.6 Å². The maximum atomic E-state index is 11.8. The van der Waals surface area contributed by atoms with Crippen molar-refractivity contribution in [2.24, 2.45) is 17.6 Å². The maximum Gasteiger partial charge on any atom is 0.310 e. The quantitative estimate of drug-likeness (QED) is 0.663. The van der Waals surface area contributed by atoms with Crippen LogP contribution in [0.2, 0.25) is 0 Å². The van der Waals surface area contributed by atoms with Crippen LogP contribution in [0.25, 0.3) is 0 Å². The lowest BCUT2D eigenvalue weighted by molar-refractivity contribution is -0.146. The third-order valence-corrected chi connectivity index (χ3v) is 2.65. The summed E-state index contributed by atoms with van der Waals surface area (Å²) < 4.78 is 4.60. The summed E-state index contributed by atoms with van der Waals surface area (Å²) in [6.45, 7) is 4.36. The van der Waals surface area contributed by atoms with Crippen LogP contribution in [-0.4, -0.2) is 44.0 Å². The molecule has 0 rings (SSSR count). The normalized spacial score (nSPS) is 14.1. The van der Waals surface area contributed by atoms with Crippen LogP contribution in [-0.2, 0) is 14.3 Å². The van der Waals surface area contributed by atoms with Gasteiger partial charge in [-0.05, 0) is 6.42 Å². The molecule has 94 valence electrons. The summed E-state index contributed by atoms with van der Waals surface area (Å²) >= 11 is 0. The van der Waals surface area contributed by atoms with Crippen molar-refractivity contribution in [3.8, 4) is 0 Å². The number of amides is 1. The Morgan fingerprint density at radius 3 is 2.38 bits per heavy atom. The molecule has 1 amide bonds. The van der Waals surface area contributed by atoms with Gasteiger partial charge in [0.15, 0.2) is 0 Å². The van der Waals surface area contributed by atoms with E-state index in [0.717, 1.165) is 0 Å². The first kappa shape index (κ1) is 14.9. The summed E-state index contributed by atoms with van der Waals surface area (Å²) in [7, 11) is 3.02. The van der Waals surface area contributed by atoms with E-state index in [-0.39, 0.29) is 23.7 Å². The van der Waals surface area contributed by atoms with Gasteiger partial charge in [-0.3, -0.25) is 9.59 Å². The molecular formula is C11H22N2O3. The first-order valence-corrected chi connectivity index (χ1v) is 5.50. The van der Waals surface area contributed by atoms with Crippen molar-refractivity contribution in [1.82, 2.24) is 4.90 Å². The summed E-state index contributed by atoms with van der Waals surface area (Å²) in [4.78, 5) is 24.6. The van der Waals surface area contributed by atoms with Crippen LogP contribution in [0.15, 0.2) is 0 Å². The number of esters is 1. The van der Waals surface area contributed by atoms with Crippen molar-refractivity contribution >= 4 is 11.9 Å². The number of hydrogen-bond acceptors (Lipinski definition) is 4. The Bertz CT molecular complexity index is 239. The molecule has 0 aromatic heterocycles. The highest BCUT2D eigenvalue weighted by Gasteiger charge is 2.22. The SMILES string of the molecule is CCC(CN)C(=O)N(C)CC(C)C(=O)OC. The summed E-state index contributed by atoms with van der Waals surface area (Å²) in [5, 5.41) is 0. The minimum Gasteiger partial charge on any atom is -0.469 e. The molecule has 0 heterocycles. The van der Waals surface area contributed by atoms with E-state index in [0.29, 0.717) is 19.5 Å². The van der Waals surface area contributed by atoms with Crippen molar-refractivity contribution in [1.29, 1.82) is 0 Å². The third-order valence-electron chi connectivity index (χ3n) is 2.65. The minimum absolute atomic E-state index is 0.0132.